The molecule has 0 unspecified atom stereocenters. The standard InChI is InChI=1S/C10H9F4NO/c1-2-15-9(16)7-4-3-6(5-8(7)11)10(12,13)14/h3-5H,2H2,1H3,(H,15,16). The highest BCUT2D eigenvalue weighted by molar-refractivity contribution is 5.94. The van der Waals surface area contributed by atoms with Crippen molar-refractivity contribution in [2.45, 2.75) is 13.1 Å². The second kappa shape index (κ2) is 4.51. The number of rotatable bonds is 2. The summed E-state index contributed by atoms with van der Waals surface area (Å²) in [7, 11) is 0. The highest BCUT2D eigenvalue weighted by Crippen LogP contribution is 2.30. The molecule has 0 aliphatic heterocycles. The first kappa shape index (κ1) is 12.5. The van der Waals surface area contributed by atoms with Crippen LogP contribution in [0.4, 0.5) is 17.6 Å². The first-order chi connectivity index (χ1) is 7.36. The van der Waals surface area contributed by atoms with Crippen LogP contribution in [0, 0.1) is 5.82 Å². The van der Waals surface area contributed by atoms with Crippen molar-refractivity contribution < 1.29 is 22.4 Å². The van der Waals surface area contributed by atoms with Crippen molar-refractivity contribution >= 4 is 5.91 Å². The fourth-order valence-electron chi connectivity index (χ4n) is 1.13. The largest absolute Gasteiger partial charge is 0.416 e. The zero-order chi connectivity index (χ0) is 12.3. The van der Waals surface area contributed by atoms with Gasteiger partial charge >= 0.3 is 6.18 Å². The van der Waals surface area contributed by atoms with Gasteiger partial charge in [0.1, 0.15) is 5.82 Å². The number of halogens is 4. The van der Waals surface area contributed by atoms with Gasteiger partial charge in [0.25, 0.3) is 5.91 Å². The molecule has 0 saturated heterocycles. The fourth-order valence-corrected chi connectivity index (χ4v) is 1.13. The first-order valence-electron chi connectivity index (χ1n) is 4.51. The summed E-state index contributed by atoms with van der Waals surface area (Å²) in [6.07, 6.45) is -4.61. The minimum Gasteiger partial charge on any atom is -0.352 e. The minimum absolute atomic E-state index is 0.277. The lowest BCUT2D eigenvalue weighted by molar-refractivity contribution is -0.137. The smallest absolute Gasteiger partial charge is 0.352 e. The molecular formula is C10H9F4NO. The molecule has 1 N–H and O–H groups in total. The van der Waals surface area contributed by atoms with Crippen molar-refractivity contribution in [2.75, 3.05) is 6.54 Å². The summed E-state index contributed by atoms with van der Waals surface area (Å²) in [4.78, 5) is 11.2. The van der Waals surface area contributed by atoms with Crippen LogP contribution < -0.4 is 5.32 Å². The lowest BCUT2D eigenvalue weighted by Gasteiger charge is -2.08. The molecule has 1 rings (SSSR count). The Labute approximate surface area is 89.3 Å². The Morgan fingerprint density at radius 3 is 2.44 bits per heavy atom. The molecule has 1 aromatic rings. The molecule has 6 heteroatoms. The first-order valence-corrected chi connectivity index (χ1v) is 4.51. The highest BCUT2D eigenvalue weighted by atomic mass is 19.4. The van der Waals surface area contributed by atoms with E-state index in [9.17, 15) is 22.4 Å². The van der Waals surface area contributed by atoms with Crippen LogP contribution in [0.25, 0.3) is 0 Å². The van der Waals surface area contributed by atoms with E-state index < -0.39 is 29.0 Å². The summed E-state index contributed by atoms with van der Waals surface area (Å²) in [5, 5.41) is 2.30. The maximum atomic E-state index is 13.2. The van der Waals surface area contributed by atoms with Crippen LogP contribution in [0.5, 0.6) is 0 Å². The van der Waals surface area contributed by atoms with Gasteiger partial charge in [-0.3, -0.25) is 4.79 Å². The molecule has 0 aliphatic rings. The van der Waals surface area contributed by atoms with E-state index in [1.807, 2.05) is 0 Å². The van der Waals surface area contributed by atoms with E-state index in [1.165, 1.54) is 0 Å². The summed E-state index contributed by atoms with van der Waals surface area (Å²) in [5.41, 5.74) is -1.51. The third kappa shape index (κ3) is 2.71. The maximum Gasteiger partial charge on any atom is 0.416 e. The summed E-state index contributed by atoms with van der Waals surface area (Å²) in [6.45, 7) is 1.90. The normalized spacial score (nSPS) is 11.3. The van der Waals surface area contributed by atoms with E-state index in [2.05, 4.69) is 5.32 Å². The summed E-state index contributed by atoms with van der Waals surface area (Å²) < 4.78 is 49.7. The Kier molecular flexibility index (Phi) is 3.51. The Balaban J connectivity index is 3.05. The SMILES string of the molecule is CCNC(=O)c1ccc(C(F)(F)F)cc1F. The monoisotopic (exact) mass is 235 g/mol. The molecule has 0 aliphatic carbocycles. The number of hydrogen-bond donors (Lipinski definition) is 1. The van der Waals surface area contributed by atoms with Crippen LogP contribution in [-0.2, 0) is 6.18 Å². The zero-order valence-electron chi connectivity index (χ0n) is 8.36. The predicted molar refractivity (Wildman–Crippen MR) is 49.4 cm³/mol. The van der Waals surface area contributed by atoms with E-state index in [0.717, 1.165) is 6.07 Å². The van der Waals surface area contributed by atoms with Crippen LogP contribution in [0.1, 0.15) is 22.8 Å². The van der Waals surface area contributed by atoms with Crippen molar-refractivity contribution in [2.24, 2.45) is 0 Å². The summed E-state index contributed by atoms with van der Waals surface area (Å²) in [5.74, 6) is -1.91. The van der Waals surface area contributed by atoms with Gasteiger partial charge in [0.05, 0.1) is 11.1 Å². The van der Waals surface area contributed by atoms with E-state index >= 15 is 0 Å². The van der Waals surface area contributed by atoms with Crippen molar-refractivity contribution in [3.8, 4) is 0 Å². The van der Waals surface area contributed by atoms with Gasteiger partial charge in [-0.15, -0.1) is 0 Å². The van der Waals surface area contributed by atoms with Crippen molar-refractivity contribution in [1.29, 1.82) is 0 Å². The number of nitrogens with one attached hydrogen (secondary N) is 1. The Hall–Kier alpha value is -1.59. The number of benzene rings is 1. The molecule has 0 spiro atoms. The van der Waals surface area contributed by atoms with Crippen LogP contribution in [0.3, 0.4) is 0 Å². The lowest BCUT2D eigenvalue weighted by atomic mass is 10.1. The third-order valence-electron chi connectivity index (χ3n) is 1.88. The average molecular weight is 235 g/mol. The lowest BCUT2D eigenvalue weighted by Crippen LogP contribution is -2.24. The van der Waals surface area contributed by atoms with Crippen molar-refractivity contribution in [3.63, 3.8) is 0 Å². The molecule has 88 valence electrons. The predicted octanol–water partition coefficient (Wildman–Crippen LogP) is 2.59. The third-order valence-corrected chi connectivity index (χ3v) is 1.88. The molecule has 0 atom stereocenters. The molecule has 0 aromatic heterocycles. The van der Waals surface area contributed by atoms with E-state index in [-0.39, 0.29) is 6.54 Å². The molecule has 16 heavy (non-hydrogen) atoms. The van der Waals surface area contributed by atoms with Crippen molar-refractivity contribution in [3.05, 3.63) is 35.1 Å². The van der Waals surface area contributed by atoms with Gasteiger partial charge in [-0.05, 0) is 25.1 Å². The van der Waals surface area contributed by atoms with Crippen LogP contribution in [-0.4, -0.2) is 12.5 Å². The number of carbonyl (C=O) groups is 1. The molecule has 2 nitrogen and oxygen atoms in total. The summed E-state index contributed by atoms with van der Waals surface area (Å²) in [6, 6.07) is 1.81. The highest BCUT2D eigenvalue weighted by Gasteiger charge is 2.31. The van der Waals surface area contributed by atoms with Crippen LogP contribution >= 0.6 is 0 Å². The quantitative estimate of drug-likeness (QED) is 0.784. The number of carbonyl (C=O) groups excluding carboxylic acids is 1. The van der Waals surface area contributed by atoms with Crippen LogP contribution in [0.2, 0.25) is 0 Å². The van der Waals surface area contributed by atoms with E-state index in [1.54, 1.807) is 6.92 Å². The van der Waals surface area contributed by atoms with Gasteiger partial charge in [0, 0.05) is 6.54 Å². The Morgan fingerprint density at radius 2 is 2.00 bits per heavy atom. The summed E-state index contributed by atoms with van der Waals surface area (Å²) >= 11 is 0. The second-order valence-electron chi connectivity index (χ2n) is 3.05. The van der Waals surface area contributed by atoms with Crippen molar-refractivity contribution in [1.82, 2.24) is 5.32 Å². The van der Waals surface area contributed by atoms with Crippen LogP contribution in [0.15, 0.2) is 18.2 Å². The van der Waals surface area contributed by atoms with Gasteiger partial charge in [-0.2, -0.15) is 13.2 Å². The second-order valence-corrected chi connectivity index (χ2v) is 3.05. The Morgan fingerprint density at radius 1 is 1.38 bits per heavy atom. The topological polar surface area (TPSA) is 29.1 Å². The van der Waals surface area contributed by atoms with E-state index in [0.29, 0.717) is 12.1 Å². The van der Waals surface area contributed by atoms with Gasteiger partial charge in [0.15, 0.2) is 0 Å². The molecule has 0 saturated carbocycles. The number of amides is 1. The molecule has 0 heterocycles. The molecule has 0 bridgehead atoms. The zero-order valence-corrected chi connectivity index (χ0v) is 8.36. The molecule has 0 fully saturated rings. The molecule has 1 amide bonds. The molecule has 1 aromatic carbocycles. The molecular weight excluding hydrogens is 226 g/mol. The van der Waals surface area contributed by atoms with Gasteiger partial charge in [0.2, 0.25) is 0 Å². The maximum absolute atomic E-state index is 13.2. The van der Waals surface area contributed by atoms with Gasteiger partial charge < -0.3 is 5.32 Å². The Bertz CT molecular complexity index is 400. The van der Waals surface area contributed by atoms with Gasteiger partial charge in [-0.1, -0.05) is 0 Å². The average Bonchev–Trinajstić information content (AvgIpc) is 2.16. The number of hydrogen-bond acceptors (Lipinski definition) is 1. The van der Waals surface area contributed by atoms with E-state index in [4.69, 9.17) is 0 Å². The van der Waals surface area contributed by atoms with Gasteiger partial charge in [-0.25, -0.2) is 4.39 Å². The fraction of sp³-hybridized carbons (Fsp3) is 0.300. The number of alkyl halides is 3. The minimum atomic E-state index is -4.61. The molecule has 0 radical (unpaired) electrons.